The largest absolute Gasteiger partial charge is 0.496 e. The molecule has 0 saturated carbocycles. The predicted octanol–water partition coefficient (Wildman–Crippen LogP) is 1.60. The van der Waals surface area contributed by atoms with Crippen LogP contribution in [0.3, 0.4) is 0 Å². The fourth-order valence-corrected chi connectivity index (χ4v) is 1.86. The van der Waals surface area contributed by atoms with Crippen molar-refractivity contribution >= 4 is 5.91 Å². The quantitative estimate of drug-likeness (QED) is 0.863. The number of benzene rings is 1. The number of carbonyl (C=O) groups is 1. The van der Waals surface area contributed by atoms with Gasteiger partial charge in [0.1, 0.15) is 5.75 Å². The third-order valence-corrected chi connectivity index (χ3v) is 2.74. The van der Waals surface area contributed by atoms with E-state index in [1.54, 1.807) is 7.11 Å². The molecule has 1 N–H and O–H groups in total. The van der Waals surface area contributed by atoms with Crippen LogP contribution < -0.4 is 10.1 Å². The molecule has 0 unspecified atom stereocenters. The van der Waals surface area contributed by atoms with E-state index in [9.17, 15) is 4.79 Å². The standard InChI is InChI=1S/C14H22N2O2/c1-10-8-11(2)13(12(9-10)18-5)14(17)15-6-7-16(3)4/h8-9H,6-7H2,1-5H3,(H,15,17). The van der Waals surface area contributed by atoms with Crippen LogP contribution in [0.2, 0.25) is 0 Å². The average Bonchev–Trinajstić information content (AvgIpc) is 2.26. The maximum absolute atomic E-state index is 12.1. The summed E-state index contributed by atoms with van der Waals surface area (Å²) in [6, 6.07) is 3.87. The molecule has 0 aromatic heterocycles. The number of aryl methyl sites for hydroxylation is 2. The lowest BCUT2D eigenvalue weighted by atomic mass is 10.0. The van der Waals surface area contributed by atoms with E-state index in [0.717, 1.165) is 17.7 Å². The molecule has 1 aromatic rings. The third-order valence-electron chi connectivity index (χ3n) is 2.74. The fourth-order valence-electron chi connectivity index (χ4n) is 1.86. The van der Waals surface area contributed by atoms with Gasteiger partial charge in [0.15, 0.2) is 0 Å². The van der Waals surface area contributed by atoms with E-state index in [0.29, 0.717) is 17.9 Å². The number of amides is 1. The first-order valence-electron chi connectivity index (χ1n) is 6.04. The SMILES string of the molecule is COc1cc(C)cc(C)c1C(=O)NCCN(C)C. The average molecular weight is 250 g/mol. The van der Waals surface area contributed by atoms with Gasteiger partial charge in [0.2, 0.25) is 0 Å². The molecule has 0 radical (unpaired) electrons. The maximum atomic E-state index is 12.1. The van der Waals surface area contributed by atoms with Crippen LogP contribution in [0.25, 0.3) is 0 Å². The Morgan fingerprint density at radius 2 is 2.00 bits per heavy atom. The summed E-state index contributed by atoms with van der Waals surface area (Å²) >= 11 is 0. The lowest BCUT2D eigenvalue weighted by molar-refractivity contribution is 0.0947. The van der Waals surface area contributed by atoms with E-state index in [1.807, 2.05) is 45.0 Å². The second kappa shape index (κ2) is 6.40. The summed E-state index contributed by atoms with van der Waals surface area (Å²) in [7, 11) is 5.54. The Balaban J connectivity index is 2.84. The van der Waals surface area contributed by atoms with Crippen LogP contribution in [0.1, 0.15) is 21.5 Å². The number of carbonyl (C=O) groups excluding carboxylic acids is 1. The van der Waals surface area contributed by atoms with Gasteiger partial charge < -0.3 is 15.0 Å². The summed E-state index contributed by atoms with van der Waals surface area (Å²) in [4.78, 5) is 14.2. The number of rotatable bonds is 5. The highest BCUT2D eigenvalue weighted by molar-refractivity contribution is 5.98. The van der Waals surface area contributed by atoms with Gasteiger partial charge in [0, 0.05) is 13.1 Å². The Morgan fingerprint density at radius 3 is 2.56 bits per heavy atom. The van der Waals surface area contributed by atoms with E-state index < -0.39 is 0 Å². The van der Waals surface area contributed by atoms with Crippen LogP contribution in [0.15, 0.2) is 12.1 Å². The zero-order valence-electron chi connectivity index (χ0n) is 11.8. The molecule has 0 fully saturated rings. The first-order chi connectivity index (χ1) is 8.45. The number of likely N-dealkylation sites (N-methyl/N-ethyl adjacent to an activating group) is 1. The summed E-state index contributed by atoms with van der Waals surface area (Å²) in [5.41, 5.74) is 2.66. The van der Waals surface area contributed by atoms with Crippen molar-refractivity contribution in [3.8, 4) is 5.75 Å². The van der Waals surface area contributed by atoms with Gasteiger partial charge in [-0.2, -0.15) is 0 Å². The van der Waals surface area contributed by atoms with Crippen molar-refractivity contribution in [2.45, 2.75) is 13.8 Å². The molecule has 4 heteroatoms. The number of nitrogens with zero attached hydrogens (tertiary/aromatic N) is 1. The minimum atomic E-state index is -0.0776. The van der Waals surface area contributed by atoms with Crippen molar-refractivity contribution in [3.05, 3.63) is 28.8 Å². The van der Waals surface area contributed by atoms with Crippen molar-refractivity contribution in [2.75, 3.05) is 34.3 Å². The van der Waals surface area contributed by atoms with E-state index in [2.05, 4.69) is 5.32 Å². The van der Waals surface area contributed by atoms with Crippen molar-refractivity contribution in [2.24, 2.45) is 0 Å². The molecule has 0 aliphatic rings. The molecule has 0 aliphatic carbocycles. The molecule has 0 saturated heterocycles. The van der Waals surface area contributed by atoms with Crippen molar-refractivity contribution in [1.82, 2.24) is 10.2 Å². The van der Waals surface area contributed by atoms with Crippen LogP contribution >= 0.6 is 0 Å². The minimum Gasteiger partial charge on any atom is -0.496 e. The topological polar surface area (TPSA) is 41.6 Å². The first-order valence-corrected chi connectivity index (χ1v) is 6.04. The highest BCUT2D eigenvalue weighted by Gasteiger charge is 2.15. The molecule has 1 aromatic carbocycles. The van der Waals surface area contributed by atoms with Gasteiger partial charge in [-0.3, -0.25) is 4.79 Å². The van der Waals surface area contributed by atoms with Crippen LogP contribution in [0.5, 0.6) is 5.75 Å². The number of nitrogens with one attached hydrogen (secondary N) is 1. The monoisotopic (exact) mass is 250 g/mol. The summed E-state index contributed by atoms with van der Waals surface area (Å²) < 4.78 is 5.28. The zero-order chi connectivity index (χ0) is 13.7. The molecule has 0 heterocycles. The van der Waals surface area contributed by atoms with E-state index >= 15 is 0 Å². The summed E-state index contributed by atoms with van der Waals surface area (Å²) in [6.45, 7) is 5.36. The van der Waals surface area contributed by atoms with Crippen LogP contribution in [-0.2, 0) is 0 Å². The summed E-state index contributed by atoms with van der Waals surface area (Å²) in [5.74, 6) is 0.557. The molecule has 0 atom stereocenters. The fraction of sp³-hybridized carbons (Fsp3) is 0.500. The highest BCUT2D eigenvalue weighted by Crippen LogP contribution is 2.23. The number of ether oxygens (including phenoxy) is 1. The molecule has 4 nitrogen and oxygen atoms in total. The van der Waals surface area contributed by atoms with E-state index in [4.69, 9.17) is 4.74 Å². The molecule has 100 valence electrons. The number of hydrogen-bond acceptors (Lipinski definition) is 3. The molecule has 0 spiro atoms. The Hall–Kier alpha value is -1.55. The van der Waals surface area contributed by atoms with Gasteiger partial charge in [-0.1, -0.05) is 6.07 Å². The Kier molecular flexibility index (Phi) is 5.16. The molecule has 1 rings (SSSR count). The van der Waals surface area contributed by atoms with Gasteiger partial charge in [-0.15, -0.1) is 0 Å². The van der Waals surface area contributed by atoms with Crippen molar-refractivity contribution in [1.29, 1.82) is 0 Å². The Morgan fingerprint density at radius 1 is 1.33 bits per heavy atom. The van der Waals surface area contributed by atoms with Gasteiger partial charge in [0.25, 0.3) is 5.91 Å². The minimum absolute atomic E-state index is 0.0776. The number of hydrogen-bond donors (Lipinski definition) is 1. The maximum Gasteiger partial charge on any atom is 0.255 e. The van der Waals surface area contributed by atoms with E-state index in [-0.39, 0.29) is 5.91 Å². The van der Waals surface area contributed by atoms with Crippen molar-refractivity contribution in [3.63, 3.8) is 0 Å². The molecular formula is C14H22N2O2. The van der Waals surface area contributed by atoms with Gasteiger partial charge in [0.05, 0.1) is 12.7 Å². The van der Waals surface area contributed by atoms with Gasteiger partial charge in [-0.05, 0) is 45.1 Å². The summed E-state index contributed by atoms with van der Waals surface area (Å²) in [6.07, 6.45) is 0. The second-order valence-corrected chi connectivity index (χ2v) is 4.72. The third kappa shape index (κ3) is 3.74. The molecule has 0 bridgehead atoms. The smallest absolute Gasteiger partial charge is 0.255 e. The molecule has 0 aliphatic heterocycles. The predicted molar refractivity (Wildman–Crippen MR) is 73.4 cm³/mol. The van der Waals surface area contributed by atoms with Crippen molar-refractivity contribution < 1.29 is 9.53 Å². The Bertz CT molecular complexity index is 428. The second-order valence-electron chi connectivity index (χ2n) is 4.72. The van der Waals surface area contributed by atoms with Gasteiger partial charge in [-0.25, -0.2) is 0 Å². The van der Waals surface area contributed by atoms with Crippen LogP contribution in [0.4, 0.5) is 0 Å². The van der Waals surface area contributed by atoms with E-state index in [1.165, 1.54) is 0 Å². The van der Waals surface area contributed by atoms with Crippen LogP contribution in [0, 0.1) is 13.8 Å². The lowest BCUT2D eigenvalue weighted by Crippen LogP contribution is -2.32. The molecular weight excluding hydrogens is 228 g/mol. The van der Waals surface area contributed by atoms with Gasteiger partial charge >= 0.3 is 0 Å². The first kappa shape index (κ1) is 14.5. The molecule has 1 amide bonds. The zero-order valence-corrected chi connectivity index (χ0v) is 11.8. The normalized spacial score (nSPS) is 10.6. The Labute approximate surface area is 109 Å². The van der Waals surface area contributed by atoms with Crippen LogP contribution in [-0.4, -0.2) is 45.1 Å². The highest BCUT2D eigenvalue weighted by atomic mass is 16.5. The number of methoxy groups -OCH3 is 1. The summed E-state index contributed by atoms with van der Waals surface area (Å²) in [5, 5.41) is 2.90. The lowest BCUT2D eigenvalue weighted by Gasteiger charge is -2.14. The molecule has 18 heavy (non-hydrogen) atoms.